The molecule has 0 spiro atoms. The number of nitrogens with one attached hydrogen (secondary N) is 1. The van der Waals surface area contributed by atoms with E-state index in [-0.39, 0.29) is 41.2 Å². The molecule has 2 aromatic carbocycles. The largest absolute Gasteiger partial charge is 0.470 e. The first kappa shape index (κ1) is 25.0. The number of amides is 1. The van der Waals surface area contributed by atoms with Crippen molar-refractivity contribution in [3.05, 3.63) is 57.3 Å². The Bertz CT molecular complexity index is 1170. The number of carbonyl (C=O) groups excluding carboxylic acids is 2. The topological polar surface area (TPSA) is 150 Å². The Kier molecular flexibility index (Phi) is 9.06. The second-order valence-electron chi connectivity index (χ2n) is 6.46. The molecule has 0 unspecified atom stereocenters. The fourth-order valence-corrected chi connectivity index (χ4v) is 2.89. The third-order valence-corrected chi connectivity index (χ3v) is 4.51. The summed E-state index contributed by atoms with van der Waals surface area (Å²) in [5.41, 5.74) is 1.33. The summed E-state index contributed by atoms with van der Waals surface area (Å²) in [6, 6.07) is 10.5. The first-order valence-corrected chi connectivity index (χ1v) is 9.92. The van der Waals surface area contributed by atoms with Crippen molar-refractivity contribution >= 4 is 51.9 Å². The standard InChI is InChI=1S/C21H19ClN6O5/c1-3-27(12-17(13-29)33-9-8-23)15-4-7-20(21(11-15)24-14(2)30)26-25-19-6-5-16(28(31)32)10-18(19)22/h4-7,10-11H,3,9,12H2,1-2H3,(H,24,30). The number of hydrogen-bond donors (Lipinski definition) is 1. The van der Waals surface area contributed by atoms with Crippen molar-refractivity contribution in [3.8, 4) is 6.07 Å². The Balaban J connectivity index is 2.36. The molecule has 0 aliphatic rings. The van der Waals surface area contributed by atoms with Crippen LogP contribution in [0.15, 0.2) is 52.4 Å². The van der Waals surface area contributed by atoms with Crippen molar-refractivity contribution in [2.45, 2.75) is 13.8 Å². The van der Waals surface area contributed by atoms with Crippen LogP contribution in [0.25, 0.3) is 0 Å². The SMILES string of the molecule is CCN(CC(=C=O)OCC#N)c1ccc(N=Nc2ccc([N+](=O)[O-])cc2Cl)c(NC(C)=O)c1. The zero-order valence-electron chi connectivity index (χ0n) is 17.7. The zero-order valence-corrected chi connectivity index (χ0v) is 18.5. The Morgan fingerprint density at radius 1 is 1.27 bits per heavy atom. The van der Waals surface area contributed by atoms with Crippen molar-refractivity contribution in [1.29, 1.82) is 5.26 Å². The molecule has 2 aromatic rings. The highest BCUT2D eigenvalue weighted by Crippen LogP contribution is 2.34. The Hall–Kier alpha value is -4.26. The van der Waals surface area contributed by atoms with Gasteiger partial charge in [0.05, 0.1) is 22.2 Å². The molecule has 0 aromatic heterocycles. The van der Waals surface area contributed by atoms with Crippen LogP contribution in [0, 0.1) is 21.4 Å². The number of likely N-dealkylation sites (N-methyl/N-ethyl adjacent to an activating group) is 1. The van der Waals surface area contributed by atoms with E-state index in [1.165, 1.54) is 25.1 Å². The monoisotopic (exact) mass is 470 g/mol. The lowest BCUT2D eigenvalue weighted by Crippen LogP contribution is -2.26. The van der Waals surface area contributed by atoms with Gasteiger partial charge in [0.1, 0.15) is 17.4 Å². The van der Waals surface area contributed by atoms with E-state index in [9.17, 15) is 19.7 Å². The summed E-state index contributed by atoms with van der Waals surface area (Å²) >= 11 is 6.05. The number of ether oxygens (including phenoxy) is 1. The molecule has 0 aliphatic heterocycles. The summed E-state index contributed by atoms with van der Waals surface area (Å²) < 4.78 is 5.07. The number of carbonyl (C=O) groups is 1. The average Bonchev–Trinajstić information content (AvgIpc) is 2.78. The normalized spacial score (nSPS) is 10.2. The van der Waals surface area contributed by atoms with Crippen molar-refractivity contribution in [2.75, 3.05) is 29.9 Å². The second kappa shape index (κ2) is 12.0. The molecular formula is C21H19ClN6O5. The van der Waals surface area contributed by atoms with E-state index in [0.29, 0.717) is 23.6 Å². The molecule has 12 heteroatoms. The minimum Gasteiger partial charge on any atom is -0.470 e. The predicted molar refractivity (Wildman–Crippen MR) is 122 cm³/mol. The summed E-state index contributed by atoms with van der Waals surface area (Å²) in [5, 5.41) is 30.3. The van der Waals surface area contributed by atoms with Gasteiger partial charge in [0, 0.05) is 31.3 Å². The van der Waals surface area contributed by atoms with Crippen molar-refractivity contribution in [1.82, 2.24) is 0 Å². The van der Waals surface area contributed by atoms with Gasteiger partial charge in [-0.3, -0.25) is 14.9 Å². The minimum absolute atomic E-state index is 0.0314. The van der Waals surface area contributed by atoms with Gasteiger partial charge in [0.2, 0.25) is 5.91 Å². The van der Waals surface area contributed by atoms with Gasteiger partial charge >= 0.3 is 0 Å². The maximum absolute atomic E-state index is 11.7. The smallest absolute Gasteiger partial charge is 0.271 e. The van der Waals surface area contributed by atoms with Gasteiger partial charge in [0.25, 0.3) is 5.69 Å². The van der Waals surface area contributed by atoms with Crippen LogP contribution in [0.3, 0.4) is 0 Å². The molecule has 0 aliphatic carbocycles. The number of nitriles is 1. The molecule has 0 saturated heterocycles. The fraction of sp³-hybridized carbons (Fsp3) is 0.238. The molecule has 1 N–H and O–H groups in total. The molecule has 0 saturated carbocycles. The van der Waals surface area contributed by atoms with Crippen LogP contribution in [0.1, 0.15) is 13.8 Å². The molecule has 33 heavy (non-hydrogen) atoms. The van der Waals surface area contributed by atoms with Crippen LogP contribution in [0.5, 0.6) is 0 Å². The number of azo groups is 1. The van der Waals surface area contributed by atoms with E-state index in [4.69, 9.17) is 21.6 Å². The van der Waals surface area contributed by atoms with E-state index >= 15 is 0 Å². The highest BCUT2D eigenvalue weighted by Gasteiger charge is 2.14. The maximum Gasteiger partial charge on any atom is 0.271 e. The summed E-state index contributed by atoms with van der Waals surface area (Å²) in [6.07, 6.45) is 0. The van der Waals surface area contributed by atoms with Crippen molar-refractivity contribution < 1.29 is 19.2 Å². The summed E-state index contributed by atoms with van der Waals surface area (Å²) in [6.45, 7) is 3.47. The number of anilines is 2. The highest BCUT2D eigenvalue weighted by molar-refractivity contribution is 6.33. The zero-order chi connectivity index (χ0) is 24.4. The maximum atomic E-state index is 11.7. The van der Waals surface area contributed by atoms with Crippen LogP contribution in [0.2, 0.25) is 5.02 Å². The van der Waals surface area contributed by atoms with Gasteiger partial charge in [-0.05, 0) is 31.2 Å². The predicted octanol–water partition coefficient (Wildman–Crippen LogP) is 4.70. The Labute approximate surface area is 194 Å². The lowest BCUT2D eigenvalue weighted by Gasteiger charge is -2.24. The molecule has 11 nitrogen and oxygen atoms in total. The number of nitro benzene ring substituents is 1. The Morgan fingerprint density at radius 2 is 1.97 bits per heavy atom. The Morgan fingerprint density at radius 3 is 2.55 bits per heavy atom. The van der Waals surface area contributed by atoms with Crippen molar-refractivity contribution in [2.24, 2.45) is 10.2 Å². The number of rotatable bonds is 10. The van der Waals surface area contributed by atoms with E-state index in [0.717, 1.165) is 0 Å². The molecule has 0 radical (unpaired) electrons. The molecule has 170 valence electrons. The third kappa shape index (κ3) is 7.14. The molecule has 0 atom stereocenters. The number of hydrogen-bond acceptors (Lipinski definition) is 9. The van der Waals surface area contributed by atoms with Gasteiger partial charge in [-0.2, -0.15) is 5.26 Å². The first-order chi connectivity index (χ1) is 15.8. The lowest BCUT2D eigenvalue weighted by atomic mass is 10.2. The molecule has 0 heterocycles. The van der Waals surface area contributed by atoms with Gasteiger partial charge < -0.3 is 15.0 Å². The minimum atomic E-state index is -0.573. The molecule has 1 amide bonds. The molecule has 0 bridgehead atoms. The van der Waals surface area contributed by atoms with E-state index in [1.54, 1.807) is 35.1 Å². The van der Waals surface area contributed by atoms with E-state index < -0.39 is 4.92 Å². The van der Waals surface area contributed by atoms with Crippen LogP contribution in [-0.2, 0) is 14.3 Å². The van der Waals surface area contributed by atoms with E-state index in [2.05, 4.69) is 15.5 Å². The number of non-ortho nitro benzene ring substituents is 1. The second-order valence-corrected chi connectivity index (χ2v) is 6.87. The van der Waals surface area contributed by atoms with Crippen LogP contribution < -0.4 is 10.2 Å². The van der Waals surface area contributed by atoms with Gasteiger partial charge in [-0.25, -0.2) is 4.79 Å². The quantitative estimate of drug-likeness (QED) is 0.174. The van der Waals surface area contributed by atoms with E-state index in [1.807, 2.05) is 6.92 Å². The average molecular weight is 471 g/mol. The summed E-state index contributed by atoms with van der Waals surface area (Å²) in [7, 11) is 0. The van der Waals surface area contributed by atoms with Gasteiger partial charge in [0.15, 0.2) is 18.3 Å². The molecule has 2 rings (SSSR count). The summed E-state index contributed by atoms with van der Waals surface area (Å²) in [4.78, 5) is 34.9. The number of nitrogens with zero attached hydrogens (tertiary/aromatic N) is 5. The molecular weight excluding hydrogens is 452 g/mol. The van der Waals surface area contributed by atoms with Crippen LogP contribution in [0.4, 0.5) is 28.4 Å². The van der Waals surface area contributed by atoms with Gasteiger partial charge in [-0.15, -0.1) is 10.2 Å². The lowest BCUT2D eigenvalue weighted by molar-refractivity contribution is -0.384. The fourth-order valence-electron chi connectivity index (χ4n) is 2.68. The number of benzene rings is 2. The molecule has 0 fully saturated rings. The van der Waals surface area contributed by atoms with Gasteiger partial charge in [-0.1, -0.05) is 11.6 Å². The number of nitro groups is 1. The third-order valence-electron chi connectivity index (χ3n) is 4.20. The van der Waals surface area contributed by atoms with Crippen LogP contribution >= 0.6 is 11.6 Å². The summed E-state index contributed by atoms with van der Waals surface area (Å²) in [5.74, 6) is 1.30. The number of halogens is 1. The highest BCUT2D eigenvalue weighted by atomic mass is 35.5. The first-order valence-electron chi connectivity index (χ1n) is 9.55. The van der Waals surface area contributed by atoms with Crippen LogP contribution in [-0.4, -0.2) is 36.5 Å². The van der Waals surface area contributed by atoms with Crippen molar-refractivity contribution in [3.63, 3.8) is 0 Å².